The highest BCUT2D eigenvalue weighted by atomic mass is 79.9. The summed E-state index contributed by atoms with van der Waals surface area (Å²) in [5.74, 6) is -0.685. The van der Waals surface area contributed by atoms with Crippen molar-refractivity contribution in [2.75, 3.05) is 24.2 Å². The van der Waals surface area contributed by atoms with Crippen LogP contribution in [0.5, 0.6) is 0 Å². The first-order valence-corrected chi connectivity index (χ1v) is 6.31. The molecule has 96 valence electrons. The second-order valence-corrected chi connectivity index (χ2v) is 4.77. The van der Waals surface area contributed by atoms with Gasteiger partial charge in [-0.3, -0.25) is 0 Å². The molecule has 4 nitrogen and oxygen atoms in total. The summed E-state index contributed by atoms with van der Waals surface area (Å²) >= 11 is 3.34. The fourth-order valence-corrected chi connectivity index (χ4v) is 2.05. The molecule has 6 heteroatoms. The molecule has 0 aliphatic heterocycles. The quantitative estimate of drug-likeness (QED) is 0.758. The molecule has 0 bridgehead atoms. The normalized spacial score (nSPS) is 10.8. The molecule has 0 aliphatic rings. The van der Waals surface area contributed by atoms with E-state index in [0.717, 1.165) is 4.47 Å². The van der Waals surface area contributed by atoms with E-state index in [-0.39, 0.29) is 12.4 Å². The maximum absolute atomic E-state index is 13.9. The zero-order chi connectivity index (χ0) is 13.1. The number of nitrogens with zero attached hydrogens (tertiary/aromatic N) is 1. The molecule has 0 aliphatic carbocycles. The number of rotatable bonds is 4. The molecule has 1 heterocycles. The number of pyridine rings is 1. The number of anilines is 2. The lowest BCUT2D eigenvalue weighted by molar-refractivity contribution is 0.292. The number of nitrogens with two attached hydrogens (primary N) is 1. The minimum Gasteiger partial charge on any atom is -0.396 e. The lowest BCUT2D eigenvalue weighted by atomic mass is 10.1. The molecule has 0 fully saturated rings. The summed E-state index contributed by atoms with van der Waals surface area (Å²) in [6, 6.07) is 5.37. The van der Waals surface area contributed by atoms with Crippen LogP contribution in [0.1, 0.15) is 6.42 Å². The first kappa shape index (κ1) is 13.0. The lowest BCUT2D eigenvalue weighted by Gasteiger charge is -2.12. The Morgan fingerprint density at radius 3 is 2.94 bits per heavy atom. The van der Waals surface area contributed by atoms with Gasteiger partial charge in [0.2, 0.25) is 0 Å². The van der Waals surface area contributed by atoms with E-state index in [4.69, 9.17) is 10.8 Å². The van der Waals surface area contributed by atoms with Gasteiger partial charge in [-0.25, -0.2) is 9.37 Å². The van der Waals surface area contributed by atoms with E-state index in [0.29, 0.717) is 29.6 Å². The van der Waals surface area contributed by atoms with Crippen molar-refractivity contribution in [1.29, 1.82) is 0 Å². The summed E-state index contributed by atoms with van der Waals surface area (Å²) in [4.78, 5) is 4.01. The number of benzene rings is 1. The molecule has 0 amide bonds. The Labute approximate surface area is 112 Å². The topological polar surface area (TPSA) is 71.2 Å². The van der Waals surface area contributed by atoms with Crippen LogP contribution < -0.4 is 11.1 Å². The molecule has 0 saturated heterocycles. The van der Waals surface area contributed by atoms with E-state index in [1.165, 1.54) is 0 Å². The highest BCUT2D eigenvalue weighted by molar-refractivity contribution is 9.10. The zero-order valence-corrected chi connectivity index (χ0v) is 11.2. The Bertz CT molecular complexity index is 577. The standard InChI is InChI=1S/C12H13BrFN3O/c13-7-2-3-8-9(6-7)17-12(15)10(14)11(8)16-4-1-5-18/h2-3,6,18H,1,4-5H2,(H3,15,16,17). The van der Waals surface area contributed by atoms with Gasteiger partial charge in [0.05, 0.1) is 11.2 Å². The number of aliphatic hydroxyl groups is 1. The van der Waals surface area contributed by atoms with Crippen molar-refractivity contribution in [3.8, 4) is 0 Å². The van der Waals surface area contributed by atoms with Gasteiger partial charge in [0.15, 0.2) is 11.6 Å². The molecule has 4 N–H and O–H groups in total. The Kier molecular flexibility index (Phi) is 3.98. The van der Waals surface area contributed by atoms with E-state index in [1.807, 2.05) is 6.07 Å². The third-order valence-corrected chi connectivity index (χ3v) is 3.04. The maximum atomic E-state index is 13.9. The monoisotopic (exact) mass is 313 g/mol. The summed E-state index contributed by atoms with van der Waals surface area (Å²) in [5.41, 5.74) is 6.50. The number of fused-ring (bicyclic) bond motifs is 1. The van der Waals surface area contributed by atoms with Gasteiger partial charge in [0.1, 0.15) is 0 Å². The number of aliphatic hydroxyl groups excluding tert-OH is 1. The second kappa shape index (κ2) is 5.49. The van der Waals surface area contributed by atoms with Crippen LogP contribution in [-0.2, 0) is 0 Å². The first-order valence-electron chi connectivity index (χ1n) is 5.52. The molecule has 0 unspecified atom stereocenters. The summed E-state index contributed by atoms with van der Waals surface area (Å²) < 4.78 is 14.8. The Morgan fingerprint density at radius 1 is 1.44 bits per heavy atom. The average Bonchev–Trinajstić information content (AvgIpc) is 2.34. The van der Waals surface area contributed by atoms with Crippen molar-refractivity contribution in [1.82, 2.24) is 4.98 Å². The first-order chi connectivity index (χ1) is 8.63. The van der Waals surface area contributed by atoms with Crippen LogP contribution in [0.25, 0.3) is 10.9 Å². The van der Waals surface area contributed by atoms with Crippen LogP contribution >= 0.6 is 15.9 Å². The molecule has 0 spiro atoms. The molecule has 18 heavy (non-hydrogen) atoms. The van der Waals surface area contributed by atoms with E-state index in [1.54, 1.807) is 12.1 Å². The van der Waals surface area contributed by atoms with E-state index in [2.05, 4.69) is 26.2 Å². The number of hydrogen-bond acceptors (Lipinski definition) is 4. The molecule has 0 atom stereocenters. The van der Waals surface area contributed by atoms with Crippen molar-refractivity contribution in [2.24, 2.45) is 0 Å². The minimum atomic E-state index is -0.553. The van der Waals surface area contributed by atoms with Crippen molar-refractivity contribution in [3.05, 3.63) is 28.5 Å². The largest absolute Gasteiger partial charge is 0.396 e. The van der Waals surface area contributed by atoms with E-state index in [9.17, 15) is 4.39 Å². The smallest absolute Gasteiger partial charge is 0.188 e. The highest BCUT2D eigenvalue weighted by Crippen LogP contribution is 2.30. The number of aromatic nitrogens is 1. The molecule has 2 aromatic rings. The summed E-state index contributed by atoms with van der Waals surface area (Å²) in [5, 5.41) is 12.4. The Hall–Kier alpha value is -1.40. The SMILES string of the molecule is Nc1nc2cc(Br)ccc2c(NCCCO)c1F. The molecular formula is C12H13BrFN3O. The maximum Gasteiger partial charge on any atom is 0.188 e. The second-order valence-electron chi connectivity index (χ2n) is 3.85. The van der Waals surface area contributed by atoms with Crippen LogP contribution in [0, 0.1) is 5.82 Å². The fraction of sp³-hybridized carbons (Fsp3) is 0.250. The highest BCUT2D eigenvalue weighted by Gasteiger charge is 2.12. The third kappa shape index (κ3) is 2.54. The number of nitrogens with one attached hydrogen (secondary N) is 1. The van der Waals surface area contributed by atoms with Crippen molar-refractivity contribution in [2.45, 2.75) is 6.42 Å². The Balaban J connectivity index is 2.50. The summed E-state index contributed by atoms with van der Waals surface area (Å²) in [6.07, 6.45) is 0.541. The van der Waals surface area contributed by atoms with Gasteiger partial charge in [-0.15, -0.1) is 0 Å². The van der Waals surface area contributed by atoms with Crippen LogP contribution in [0.15, 0.2) is 22.7 Å². The minimum absolute atomic E-state index is 0.0542. The van der Waals surface area contributed by atoms with Crippen LogP contribution in [-0.4, -0.2) is 23.2 Å². The van der Waals surface area contributed by atoms with E-state index < -0.39 is 5.82 Å². The molecule has 1 aromatic heterocycles. The van der Waals surface area contributed by atoms with Crippen molar-refractivity contribution in [3.63, 3.8) is 0 Å². The van der Waals surface area contributed by atoms with Crippen LogP contribution in [0.4, 0.5) is 15.9 Å². The number of halogens is 2. The van der Waals surface area contributed by atoms with Gasteiger partial charge in [-0.1, -0.05) is 15.9 Å². The van der Waals surface area contributed by atoms with Gasteiger partial charge < -0.3 is 16.2 Å². The zero-order valence-electron chi connectivity index (χ0n) is 9.58. The number of nitrogen functional groups attached to an aromatic ring is 1. The molecule has 0 radical (unpaired) electrons. The van der Waals surface area contributed by atoms with Crippen LogP contribution in [0.2, 0.25) is 0 Å². The van der Waals surface area contributed by atoms with Gasteiger partial charge in [0.25, 0.3) is 0 Å². The molecule has 1 aromatic carbocycles. The number of hydrogen-bond donors (Lipinski definition) is 3. The van der Waals surface area contributed by atoms with Gasteiger partial charge >= 0.3 is 0 Å². The fourth-order valence-electron chi connectivity index (χ4n) is 1.70. The Morgan fingerprint density at radius 2 is 2.22 bits per heavy atom. The average molecular weight is 314 g/mol. The molecule has 2 rings (SSSR count). The van der Waals surface area contributed by atoms with Crippen molar-refractivity contribution >= 4 is 38.3 Å². The van der Waals surface area contributed by atoms with Gasteiger partial charge in [0, 0.05) is 23.0 Å². The van der Waals surface area contributed by atoms with Crippen molar-refractivity contribution < 1.29 is 9.50 Å². The van der Waals surface area contributed by atoms with E-state index >= 15 is 0 Å². The summed E-state index contributed by atoms with van der Waals surface area (Å²) in [7, 11) is 0. The third-order valence-electron chi connectivity index (χ3n) is 2.55. The molecule has 0 saturated carbocycles. The van der Waals surface area contributed by atoms with Gasteiger partial charge in [-0.05, 0) is 24.6 Å². The summed E-state index contributed by atoms with van der Waals surface area (Å²) in [6.45, 7) is 0.528. The molecular weight excluding hydrogens is 301 g/mol. The van der Waals surface area contributed by atoms with Crippen LogP contribution in [0.3, 0.4) is 0 Å². The predicted octanol–water partition coefficient (Wildman–Crippen LogP) is 2.51. The lowest BCUT2D eigenvalue weighted by Crippen LogP contribution is -2.08. The van der Waals surface area contributed by atoms with Gasteiger partial charge in [-0.2, -0.15) is 0 Å². The predicted molar refractivity (Wildman–Crippen MR) is 74.0 cm³/mol.